The molecule has 0 radical (unpaired) electrons. The topological polar surface area (TPSA) is 127 Å². The second kappa shape index (κ2) is 9.37. The summed E-state index contributed by atoms with van der Waals surface area (Å²) in [7, 11) is 0.970. The first-order valence-corrected chi connectivity index (χ1v) is 11.2. The minimum absolute atomic E-state index is 0.0686. The van der Waals surface area contributed by atoms with Crippen molar-refractivity contribution >= 4 is 21.9 Å². The minimum Gasteiger partial charge on any atom is -0.497 e. The van der Waals surface area contributed by atoms with E-state index in [9.17, 15) is 13.2 Å². The van der Waals surface area contributed by atoms with Gasteiger partial charge in [0.25, 0.3) is 5.91 Å². The van der Waals surface area contributed by atoms with E-state index in [1.165, 1.54) is 42.7 Å². The van der Waals surface area contributed by atoms with Crippen molar-refractivity contribution in [1.29, 1.82) is 0 Å². The molecule has 1 amide bonds. The predicted octanol–water partition coefficient (Wildman–Crippen LogP) is 2.77. The number of hydrogen-bond donors (Lipinski definition) is 2. The lowest BCUT2D eigenvalue weighted by atomic mass is 10.2. The van der Waals surface area contributed by atoms with Crippen LogP contribution in [0.25, 0.3) is 11.4 Å². The van der Waals surface area contributed by atoms with Gasteiger partial charge in [-0.15, -0.1) is 5.10 Å². The molecule has 1 heterocycles. The minimum atomic E-state index is -3.63. The van der Waals surface area contributed by atoms with Crippen molar-refractivity contribution in [2.75, 3.05) is 26.6 Å². The van der Waals surface area contributed by atoms with Crippen molar-refractivity contribution in [3.8, 4) is 22.9 Å². The van der Waals surface area contributed by atoms with Crippen LogP contribution >= 0.6 is 0 Å². The number of rotatable bonds is 8. The maximum absolute atomic E-state index is 12.6. The van der Waals surface area contributed by atoms with E-state index in [-0.39, 0.29) is 22.4 Å². The highest BCUT2D eigenvalue weighted by Crippen LogP contribution is 2.31. The molecule has 0 saturated carbocycles. The lowest BCUT2D eigenvalue weighted by Gasteiger charge is -2.20. The fourth-order valence-electron chi connectivity index (χ4n) is 2.83. The Hall–Kier alpha value is -3.44. The molecule has 0 fully saturated rings. The number of nitrogens with one attached hydrogen (secondary N) is 2. The standard InChI is InChI=1S/C21H25N5O5S/c1-13(2)26(3)32(28,29)16-9-6-14(7-10-16)20(27)23-21-22-19(24-25-21)17-11-8-15(30-4)12-18(17)31-5/h6-13H,1-5H3,(H2,22,23,24,25,27). The number of hydrogen-bond acceptors (Lipinski definition) is 7. The third kappa shape index (κ3) is 4.73. The molecule has 2 N–H and O–H groups in total. The number of carbonyl (C=O) groups excluding carboxylic acids is 1. The van der Waals surface area contributed by atoms with E-state index in [1.54, 1.807) is 39.2 Å². The van der Waals surface area contributed by atoms with Crippen molar-refractivity contribution in [2.24, 2.45) is 0 Å². The fraction of sp³-hybridized carbons (Fsp3) is 0.286. The van der Waals surface area contributed by atoms with Gasteiger partial charge < -0.3 is 9.47 Å². The molecule has 0 bridgehead atoms. The molecule has 2 aromatic carbocycles. The number of sulfonamides is 1. The summed E-state index contributed by atoms with van der Waals surface area (Å²) in [6.45, 7) is 3.57. The summed E-state index contributed by atoms with van der Waals surface area (Å²) in [6, 6.07) is 10.7. The van der Waals surface area contributed by atoms with Crippen LogP contribution in [0.1, 0.15) is 24.2 Å². The molecular weight excluding hydrogens is 434 g/mol. The van der Waals surface area contributed by atoms with E-state index >= 15 is 0 Å². The highest BCUT2D eigenvalue weighted by molar-refractivity contribution is 7.89. The number of aromatic nitrogens is 3. The Morgan fingerprint density at radius 3 is 2.38 bits per heavy atom. The van der Waals surface area contributed by atoms with Gasteiger partial charge in [0, 0.05) is 24.7 Å². The maximum atomic E-state index is 12.6. The summed E-state index contributed by atoms with van der Waals surface area (Å²) in [5.74, 6) is 1.15. The Balaban J connectivity index is 1.76. The number of H-pyrrole nitrogens is 1. The molecule has 32 heavy (non-hydrogen) atoms. The molecule has 0 saturated heterocycles. The lowest BCUT2D eigenvalue weighted by Crippen LogP contribution is -2.33. The lowest BCUT2D eigenvalue weighted by molar-refractivity contribution is 0.102. The van der Waals surface area contributed by atoms with E-state index in [0.717, 1.165) is 0 Å². The Morgan fingerprint density at radius 1 is 1.09 bits per heavy atom. The van der Waals surface area contributed by atoms with Gasteiger partial charge in [0.05, 0.1) is 24.7 Å². The van der Waals surface area contributed by atoms with Gasteiger partial charge in [-0.3, -0.25) is 15.2 Å². The molecule has 11 heteroatoms. The number of methoxy groups -OCH3 is 2. The van der Waals surface area contributed by atoms with Crippen molar-refractivity contribution < 1.29 is 22.7 Å². The summed E-state index contributed by atoms with van der Waals surface area (Å²) in [6.07, 6.45) is 0. The van der Waals surface area contributed by atoms with E-state index in [0.29, 0.717) is 22.9 Å². The van der Waals surface area contributed by atoms with Gasteiger partial charge in [0.15, 0.2) is 5.82 Å². The number of ether oxygens (including phenoxy) is 2. The van der Waals surface area contributed by atoms with Crippen LogP contribution < -0.4 is 14.8 Å². The van der Waals surface area contributed by atoms with Gasteiger partial charge in [-0.05, 0) is 50.2 Å². The number of carbonyl (C=O) groups is 1. The first-order valence-electron chi connectivity index (χ1n) is 9.71. The molecule has 10 nitrogen and oxygen atoms in total. The zero-order valence-electron chi connectivity index (χ0n) is 18.4. The normalized spacial score (nSPS) is 11.6. The van der Waals surface area contributed by atoms with Crippen LogP contribution in [0.4, 0.5) is 5.95 Å². The molecule has 1 aromatic heterocycles. The second-order valence-electron chi connectivity index (χ2n) is 7.17. The number of nitrogens with zero attached hydrogens (tertiary/aromatic N) is 3. The first kappa shape index (κ1) is 23.2. The predicted molar refractivity (Wildman–Crippen MR) is 119 cm³/mol. The molecule has 0 atom stereocenters. The van der Waals surface area contributed by atoms with Crippen molar-refractivity contribution in [3.05, 3.63) is 48.0 Å². The molecule has 0 spiro atoms. The van der Waals surface area contributed by atoms with Gasteiger partial charge >= 0.3 is 0 Å². The van der Waals surface area contributed by atoms with E-state index in [4.69, 9.17) is 9.47 Å². The highest BCUT2D eigenvalue weighted by Gasteiger charge is 2.23. The van der Waals surface area contributed by atoms with Gasteiger partial charge in [0.2, 0.25) is 16.0 Å². The molecule has 3 aromatic rings. The molecule has 170 valence electrons. The summed E-state index contributed by atoms with van der Waals surface area (Å²) < 4.78 is 36.9. The second-order valence-corrected chi connectivity index (χ2v) is 9.16. The number of benzene rings is 2. The Kier molecular flexibility index (Phi) is 6.80. The van der Waals surface area contributed by atoms with E-state index in [2.05, 4.69) is 20.5 Å². The van der Waals surface area contributed by atoms with Crippen LogP contribution in [0.2, 0.25) is 0 Å². The first-order chi connectivity index (χ1) is 15.2. The molecule has 0 aliphatic carbocycles. The number of aromatic amines is 1. The van der Waals surface area contributed by atoms with Crippen LogP contribution in [0, 0.1) is 0 Å². The fourth-order valence-corrected chi connectivity index (χ4v) is 4.20. The van der Waals surface area contributed by atoms with Gasteiger partial charge in [0.1, 0.15) is 11.5 Å². The zero-order chi connectivity index (χ0) is 23.5. The molecule has 3 rings (SSSR count). The molecule has 0 aliphatic rings. The third-order valence-electron chi connectivity index (χ3n) is 4.90. The zero-order valence-corrected chi connectivity index (χ0v) is 19.2. The number of anilines is 1. The maximum Gasteiger partial charge on any atom is 0.258 e. The van der Waals surface area contributed by atoms with Gasteiger partial charge in [-0.25, -0.2) is 8.42 Å². The monoisotopic (exact) mass is 459 g/mol. The summed E-state index contributed by atoms with van der Waals surface area (Å²) >= 11 is 0. The van der Waals surface area contributed by atoms with Crippen molar-refractivity contribution in [3.63, 3.8) is 0 Å². The largest absolute Gasteiger partial charge is 0.497 e. The van der Waals surface area contributed by atoms with Crippen LogP contribution in [-0.4, -0.2) is 61.1 Å². The smallest absolute Gasteiger partial charge is 0.258 e. The Labute approximate surface area is 186 Å². The summed E-state index contributed by atoms with van der Waals surface area (Å²) in [4.78, 5) is 17.0. The highest BCUT2D eigenvalue weighted by atomic mass is 32.2. The molecular formula is C21H25N5O5S. The van der Waals surface area contributed by atoms with E-state index < -0.39 is 15.9 Å². The van der Waals surface area contributed by atoms with Crippen LogP contribution in [0.15, 0.2) is 47.4 Å². The summed E-state index contributed by atoms with van der Waals surface area (Å²) in [5, 5.41) is 9.37. The van der Waals surface area contributed by atoms with Crippen molar-refractivity contribution in [2.45, 2.75) is 24.8 Å². The van der Waals surface area contributed by atoms with Gasteiger partial charge in [-0.1, -0.05) is 0 Å². The number of amides is 1. The van der Waals surface area contributed by atoms with Crippen LogP contribution in [-0.2, 0) is 10.0 Å². The Morgan fingerprint density at radius 2 is 1.78 bits per heavy atom. The molecule has 0 unspecified atom stereocenters. The SMILES string of the molecule is COc1ccc(-c2nc(NC(=O)c3ccc(S(=O)(=O)N(C)C(C)C)cc3)n[nH]2)c(OC)c1. The van der Waals surface area contributed by atoms with E-state index in [1.807, 2.05) is 0 Å². The molecule has 0 aliphatic heterocycles. The van der Waals surface area contributed by atoms with Crippen LogP contribution in [0.3, 0.4) is 0 Å². The summed E-state index contributed by atoms with van der Waals surface area (Å²) in [5.41, 5.74) is 0.912. The Bertz CT molecular complexity index is 1210. The van der Waals surface area contributed by atoms with Crippen molar-refractivity contribution in [1.82, 2.24) is 19.5 Å². The quantitative estimate of drug-likeness (QED) is 0.530. The average Bonchev–Trinajstić information content (AvgIpc) is 3.26. The van der Waals surface area contributed by atoms with Crippen LogP contribution in [0.5, 0.6) is 11.5 Å². The third-order valence-corrected chi connectivity index (χ3v) is 6.94. The van der Waals surface area contributed by atoms with Gasteiger partial charge in [-0.2, -0.15) is 9.29 Å². The average molecular weight is 460 g/mol.